The largest absolute Gasteiger partial charge is 0.447 e. The first-order valence-electron chi connectivity index (χ1n) is 10.3. The van der Waals surface area contributed by atoms with E-state index in [1.807, 2.05) is 6.08 Å². The maximum Gasteiger partial charge on any atom is 0.411 e. The molecule has 0 aliphatic carbocycles. The SMILES string of the molecule is CC(C)OC(=O)Nc1ccc(-c2cnc(C3CC=CCO3)s2)c(S(=O)(=O)NC(C)(C)C)c1. The Morgan fingerprint density at radius 3 is 2.66 bits per heavy atom. The van der Waals surface area contributed by atoms with Gasteiger partial charge in [-0.1, -0.05) is 18.2 Å². The van der Waals surface area contributed by atoms with Gasteiger partial charge in [-0.05, 0) is 53.2 Å². The van der Waals surface area contributed by atoms with Gasteiger partial charge in [0.2, 0.25) is 10.0 Å². The number of hydrogen-bond acceptors (Lipinski definition) is 7. The quantitative estimate of drug-likeness (QED) is 0.573. The third-order valence-electron chi connectivity index (χ3n) is 4.28. The van der Waals surface area contributed by atoms with E-state index in [4.69, 9.17) is 9.47 Å². The molecule has 0 fully saturated rings. The van der Waals surface area contributed by atoms with Crippen molar-refractivity contribution >= 4 is 33.1 Å². The number of benzene rings is 1. The molecule has 1 aliphatic heterocycles. The molecule has 0 saturated carbocycles. The molecule has 2 heterocycles. The van der Waals surface area contributed by atoms with Gasteiger partial charge in [-0.3, -0.25) is 5.32 Å². The molecule has 1 aliphatic rings. The molecule has 10 heteroatoms. The van der Waals surface area contributed by atoms with Crippen LogP contribution in [-0.2, 0) is 19.5 Å². The third kappa shape index (κ3) is 6.38. The molecule has 3 rings (SSSR count). The van der Waals surface area contributed by atoms with E-state index in [0.29, 0.717) is 22.7 Å². The Morgan fingerprint density at radius 2 is 2.03 bits per heavy atom. The summed E-state index contributed by atoms with van der Waals surface area (Å²) < 4.78 is 40.0. The minimum absolute atomic E-state index is 0.0504. The smallest absolute Gasteiger partial charge is 0.411 e. The van der Waals surface area contributed by atoms with Crippen LogP contribution in [-0.4, -0.2) is 37.7 Å². The van der Waals surface area contributed by atoms with Crippen molar-refractivity contribution < 1.29 is 22.7 Å². The van der Waals surface area contributed by atoms with E-state index in [1.54, 1.807) is 52.9 Å². The lowest BCUT2D eigenvalue weighted by Crippen LogP contribution is -2.40. The van der Waals surface area contributed by atoms with Crippen LogP contribution in [0.25, 0.3) is 10.4 Å². The highest BCUT2D eigenvalue weighted by Gasteiger charge is 2.27. The van der Waals surface area contributed by atoms with Gasteiger partial charge in [0.1, 0.15) is 11.1 Å². The number of ether oxygens (including phenoxy) is 2. The second-order valence-electron chi connectivity index (χ2n) is 8.74. The summed E-state index contributed by atoms with van der Waals surface area (Å²) in [6, 6.07) is 4.75. The van der Waals surface area contributed by atoms with Crippen LogP contribution < -0.4 is 10.0 Å². The minimum Gasteiger partial charge on any atom is -0.447 e. The lowest BCUT2D eigenvalue weighted by molar-refractivity contribution is 0.0676. The van der Waals surface area contributed by atoms with E-state index in [-0.39, 0.29) is 17.1 Å². The lowest BCUT2D eigenvalue weighted by Gasteiger charge is -2.22. The predicted octanol–water partition coefficient (Wildman–Crippen LogP) is 4.86. The van der Waals surface area contributed by atoms with Gasteiger partial charge in [-0.15, -0.1) is 11.3 Å². The molecule has 1 aromatic heterocycles. The number of hydrogen-bond donors (Lipinski definition) is 2. The van der Waals surface area contributed by atoms with Crippen molar-refractivity contribution in [1.82, 2.24) is 9.71 Å². The van der Waals surface area contributed by atoms with Gasteiger partial charge in [0.15, 0.2) is 0 Å². The first-order chi connectivity index (χ1) is 14.9. The number of amides is 1. The summed E-state index contributed by atoms with van der Waals surface area (Å²) >= 11 is 1.39. The molecule has 174 valence electrons. The van der Waals surface area contributed by atoms with Crippen molar-refractivity contribution in [2.24, 2.45) is 0 Å². The third-order valence-corrected chi connectivity index (χ3v) is 7.20. The van der Waals surface area contributed by atoms with E-state index in [9.17, 15) is 13.2 Å². The Kier molecular flexibility index (Phi) is 7.39. The van der Waals surface area contributed by atoms with E-state index >= 15 is 0 Å². The number of carbonyl (C=O) groups excluding carboxylic acids is 1. The molecule has 0 saturated heterocycles. The minimum atomic E-state index is -3.90. The van der Waals surface area contributed by atoms with Gasteiger partial charge < -0.3 is 9.47 Å². The zero-order chi connectivity index (χ0) is 23.5. The van der Waals surface area contributed by atoms with Crippen LogP contribution in [0.2, 0.25) is 0 Å². The summed E-state index contributed by atoms with van der Waals surface area (Å²) in [5.74, 6) is 0. The normalized spacial score (nSPS) is 16.9. The summed E-state index contributed by atoms with van der Waals surface area (Å²) in [5, 5.41) is 3.38. The summed E-state index contributed by atoms with van der Waals surface area (Å²) in [5.41, 5.74) is 0.135. The van der Waals surface area contributed by atoms with E-state index in [0.717, 1.165) is 11.4 Å². The number of aromatic nitrogens is 1. The van der Waals surface area contributed by atoms with E-state index in [2.05, 4.69) is 21.1 Å². The van der Waals surface area contributed by atoms with Gasteiger partial charge in [-0.25, -0.2) is 22.9 Å². The number of anilines is 1. The molecule has 8 nitrogen and oxygen atoms in total. The molecule has 1 aromatic carbocycles. The van der Waals surface area contributed by atoms with Gasteiger partial charge in [0.05, 0.1) is 22.5 Å². The van der Waals surface area contributed by atoms with Gasteiger partial charge in [0.25, 0.3) is 0 Å². The summed E-state index contributed by atoms with van der Waals surface area (Å²) in [6.45, 7) is 9.31. The molecule has 0 radical (unpaired) electrons. The number of carbonyl (C=O) groups is 1. The first-order valence-corrected chi connectivity index (χ1v) is 12.6. The second-order valence-corrected chi connectivity index (χ2v) is 11.5. The highest BCUT2D eigenvalue weighted by atomic mass is 32.2. The zero-order valence-electron chi connectivity index (χ0n) is 18.8. The monoisotopic (exact) mass is 479 g/mol. The predicted molar refractivity (Wildman–Crippen MR) is 125 cm³/mol. The summed E-state index contributed by atoms with van der Waals surface area (Å²) in [7, 11) is -3.90. The van der Waals surface area contributed by atoms with Crippen LogP contribution in [0, 0.1) is 0 Å². The van der Waals surface area contributed by atoms with Crippen LogP contribution in [0.15, 0.2) is 41.4 Å². The average molecular weight is 480 g/mol. The van der Waals surface area contributed by atoms with Crippen molar-refractivity contribution in [2.75, 3.05) is 11.9 Å². The van der Waals surface area contributed by atoms with Crippen molar-refractivity contribution in [1.29, 1.82) is 0 Å². The molecule has 2 aromatic rings. The lowest BCUT2D eigenvalue weighted by atomic mass is 10.1. The number of rotatable bonds is 6. The standard InChI is InChI=1S/C22H29N3O5S2/c1-14(2)30-21(26)24-15-9-10-16(19(12-15)32(27,28)25-22(3,4)5)18-13-23-20(31-18)17-8-6-7-11-29-17/h6-7,9-10,12-14,17,25H,8,11H2,1-5H3,(H,24,26). The van der Waals surface area contributed by atoms with Crippen molar-refractivity contribution in [3.8, 4) is 10.4 Å². The van der Waals surface area contributed by atoms with Crippen LogP contribution in [0.5, 0.6) is 0 Å². The van der Waals surface area contributed by atoms with Crippen molar-refractivity contribution in [2.45, 2.75) is 63.7 Å². The summed E-state index contributed by atoms with van der Waals surface area (Å²) in [6.07, 6.45) is 5.31. The molecule has 1 unspecified atom stereocenters. The van der Waals surface area contributed by atoms with Crippen molar-refractivity contribution in [3.05, 3.63) is 41.6 Å². The van der Waals surface area contributed by atoms with Crippen molar-refractivity contribution in [3.63, 3.8) is 0 Å². The fourth-order valence-electron chi connectivity index (χ4n) is 3.11. The van der Waals surface area contributed by atoms with Crippen LogP contribution in [0.3, 0.4) is 0 Å². The van der Waals surface area contributed by atoms with Crippen LogP contribution in [0.4, 0.5) is 10.5 Å². The van der Waals surface area contributed by atoms with E-state index in [1.165, 1.54) is 17.4 Å². The molecule has 0 bridgehead atoms. The highest BCUT2D eigenvalue weighted by molar-refractivity contribution is 7.89. The molecule has 1 atom stereocenters. The Labute approximate surface area is 193 Å². The van der Waals surface area contributed by atoms with Crippen LogP contribution in [0.1, 0.15) is 52.2 Å². The number of nitrogens with zero attached hydrogens (tertiary/aromatic N) is 1. The highest BCUT2D eigenvalue weighted by Crippen LogP contribution is 2.37. The Bertz CT molecular complexity index is 1100. The molecular weight excluding hydrogens is 450 g/mol. The number of nitrogens with one attached hydrogen (secondary N) is 2. The maximum atomic E-state index is 13.3. The fourth-order valence-corrected chi connectivity index (χ4v) is 5.86. The topological polar surface area (TPSA) is 107 Å². The Morgan fingerprint density at radius 1 is 1.28 bits per heavy atom. The Hall–Kier alpha value is -2.27. The van der Waals surface area contributed by atoms with Gasteiger partial charge >= 0.3 is 6.09 Å². The molecule has 0 spiro atoms. The molecule has 1 amide bonds. The average Bonchev–Trinajstić information content (AvgIpc) is 3.16. The molecule has 2 N–H and O–H groups in total. The second kappa shape index (κ2) is 9.70. The maximum absolute atomic E-state index is 13.3. The number of thiazole rings is 1. The fraction of sp³-hybridized carbons (Fsp3) is 0.455. The zero-order valence-corrected chi connectivity index (χ0v) is 20.5. The molecular formula is C22H29N3O5S2. The first kappa shape index (κ1) is 24.4. The Balaban J connectivity index is 2.00. The van der Waals surface area contributed by atoms with Gasteiger partial charge in [-0.2, -0.15) is 0 Å². The van der Waals surface area contributed by atoms with Crippen LogP contribution >= 0.6 is 11.3 Å². The van der Waals surface area contributed by atoms with Gasteiger partial charge in [0, 0.05) is 23.0 Å². The van der Waals surface area contributed by atoms with E-state index < -0.39 is 21.7 Å². The molecule has 32 heavy (non-hydrogen) atoms. The summed E-state index contributed by atoms with van der Waals surface area (Å²) in [4.78, 5) is 17.2. The number of sulfonamides is 1.